The Hall–Kier alpha value is -1.78. The molecule has 0 bridgehead atoms. The topological polar surface area (TPSA) is 107 Å². The van der Waals surface area contributed by atoms with Crippen molar-refractivity contribution in [3.05, 3.63) is 28.8 Å². The maximum atomic E-state index is 11.8. The van der Waals surface area contributed by atoms with Crippen LogP contribution in [0.2, 0.25) is 5.02 Å². The van der Waals surface area contributed by atoms with E-state index in [9.17, 15) is 13.2 Å². The van der Waals surface area contributed by atoms with Gasteiger partial charge in [0.05, 0.1) is 22.3 Å². The van der Waals surface area contributed by atoms with E-state index in [4.69, 9.17) is 22.0 Å². The second kappa shape index (κ2) is 5.91. The highest BCUT2D eigenvalue weighted by atomic mass is 35.5. The first-order chi connectivity index (χ1) is 8.81. The molecule has 6 nitrogen and oxygen atoms in total. The monoisotopic (exact) mass is 302 g/mol. The van der Waals surface area contributed by atoms with Crippen LogP contribution in [-0.2, 0) is 10.0 Å². The van der Waals surface area contributed by atoms with Crippen molar-refractivity contribution >= 4 is 33.3 Å². The van der Waals surface area contributed by atoms with E-state index in [1.807, 2.05) is 0 Å². The third-order valence-electron chi connectivity index (χ3n) is 2.35. The average molecular weight is 303 g/mol. The standard InChI is InChI=1S/C11H11ClN2O4S/c1-2-8(6-13)19(17,18)14-7-3-4-9(11(15)16)10(12)5-7/h3-5,8,14H,2H2,1H3,(H,15,16). The molecule has 0 saturated heterocycles. The number of nitriles is 1. The highest BCUT2D eigenvalue weighted by molar-refractivity contribution is 7.93. The molecule has 0 fully saturated rings. The molecular weight excluding hydrogens is 292 g/mol. The highest BCUT2D eigenvalue weighted by Crippen LogP contribution is 2.22. The molecule has 0 aromatic heterocycles. The van der Waals surface area contributed by atoms with Crippen LogP contribution in [0.3, 0.4) is 0 Å². The molecule has 102 valence electrons. The zero-order valence-corrected chi connectivity index (χ0v) is 11.5. The summed E-state index contributed by atoms with van der Waals surface area (Å²) >= 11 is 5.72. The van der Waals surface area contributed by atoms with Crippen molar-refractivity contribution in [3.63, 3.8) is 0 Å². The molecule has 0 heterocycles. The van der Waals surface area contributed by atoms with Crippen LogP contribution < -0.4 is 4.72 Å². The van der Waals surface area contributed by atoms with E-state index < -0.39 is 21.2 Å². The first-order valence-corrected chi connectivity index (χ1v) is 7.18. The number of carboxylic acid groups (broad SMARTS) is 1. The van der Waals surface area contributed by atoms with Crippen molar-refractivity contribution in [3.8, 4) is 6.07 Å². The summed E-state index contributed by atoms with van der Waals surface area (Å²) in [5, 5.41) is 16.3. The van der Waals surface area contributed by atoms with Crippen LogP contribution in [0.25, 0.3) is 0 Å². The summed E-state index contributed by atoms with van der Waals surface area (Å²) in [5.74, 6) is -1.21. The SMILES string of the molecule is CCC(C#N)S(=O)(=O)Nc1ccc(C(=O)O)c(Cl)c1. The molecule has 0 aliphatic carbocycles. The third-order valence-corrected chi connectivity index (χ3v) is 4.37. The Bertz CT molecular complexity index is 637. The molecule has 1 aromatic rings. The van der Waals surface area contributed by atoms with E-state index in [0.29, 0.717) is 0 Å². The van der Waals surface area contributed by atoms with Gasteiger partial charge in [-0.05, 0) is 24.6 Å². The average Bonchev–Trinajstić information content (AvgIpc) is 2.28. The van der Waals surface area contributed by atoms with E-state index in [-0.39, 0.29) is 22.7 Å². The molecule has 1 aromatic carbocycles. The van der Waals surface area contributed by atoms with Gasteiger partial charge in [-0.15, -0.1) is 0 Å². The molecule has 1 atom stereocenters. The second-order valence-electron chi connectivity index (χ2n) is 3.67. The van der Waals surface area contributed by atoms with Crippen molar-refractivity contribution in [1.29, 1.82) is 5.26 Å². The van der Waals surface area contributed by atoms with E-state index >= 15 is 0 Å². The summed E-state index contributed by atoms with van der Waals surface area (Å²) in [6.07, 6.45) is 0.146. The van der Waals surface area contributed by atoms with E-state index in [1.54, 1.807) is 13.0 Å². The van der Waals surface area contributed by atoms with Gasteiger partial charge in [-0.3, -0.25) is 4.72 Å². The van der Waals surface area contributed by atoms with Crippen LogP contribution in [0.15, 0.2) is 18.2 Å². The number of aromatic carboxylic acids is 1. The molecule has 0 saturated carbocycles. The van der Waals surface area contributed by atoms with E-state index in [1.165, 1.54) is 18.2 Å². The zero-order chi connectivity index (χ0) is 14.6. The molecule has 1 rings (SSSR count). The number of sulfonamides is 1. The summed E-state index contributed by atoms with van der Waals surface area (Å²) in [4.78, 5) is 10.8. The van der Waals surface area contributed by atoms with Gasteiger partial charge in [-0.1, -0.05) is 18.5 Å². The summed E-state index contributed by atoms with van der Waals surface area (Å²) < 4.78 is 25.8. The van der Waals surface area contributed by atoms with Gasteiger partial charge in [0, 0.05) is 0 Å². The van der Waals surface area contributed by atoms with E-state index in [2.05, 4.69) is 4.72 Å². The molecule has 2 N–H and O–H groups in total. The predicted octanol–water partition coefficient (Wildman–Crippen LogP) is 2.08. The van der Waals surface area contributed by atoms with Gasteiger partial charge in [-0.2, -0.15) is 5.26 Å². The number of carboxylic acids is 1. The number of anilines is 1. The minimum atomic E-state index is -3.84. The van der Waals surface area contributed by atoms with Crippen LogP contribution in [0.1, 0.15) is 23.7 Å². The number of benzene rings is 1. The molecule has 19 heavy (non-hydrogen) atoms. The fourth-order valence-electron chi connectivity index (χ4n) is 1.37. The summed E-state index contributed by atoms with van der Waals surface area (Å²) in [6, 6.07) is 5.33. The van der Waals surface area contributed by atoms with Crippen molar-refractivity contribution in [2.75, 3.05) is 4.72 Å². The van der Waals surface area contributed by atoms with Gasteiger partial charge >= 0.3 is 5.97 Å². The Morgan fingerprint density at radius 2 is 2.21 bits per heavy atom. The fraction of sp³-hybridized carbons (Fsp3) is 0.273. The first kappa shape index (κ1) is 15.3. The Morgan fingerprint density at radius 1 is 1.58 bits per heavy atom. The minimum absolute atomic E-state index is 0.0855. The van der Waals surface area contributed by atoms with Crippen LogP contribution in [-0.4, -0.2) is 24.7 Å². The van der Waals surface area contributed by atoms with Crippen molar-refractivity contribution < 1.29 is 18.3 Å². The third kappa shape index (κ3) is 3.59. The Balaban J connectivity index is 3.05. The minimum Gasteiger partial charge on any atom is -0.478 e. The number of rotatable bonds is 5. The molecule has 8 heteroatoms. The Labute approximate surface area is 115 Å². The normalized spacial score (nSPS) is 12.5. The lowest BCUT2D eigenvalue weighted by Crippen LogP contribution is -2.25. The van der Waals surface area contributed by atoms with Gasteiger partial charge in [0.2, 0.25) is 10.0 Å². The number of nitrogens with zero attached hydrogens (tertiary/aromatic N) is 1. The van der Waals surface area contributed by atoms with Gasteiger partial charge in [0.25, 0.3) is 0 Å². The van der Waals surface area contributed by atoms with Crippen LogP contribution in [0.4, 0.5) is 5.69 Å². The zero-order valence-electron chi connectivity index (χ0n) is 9.92. The van der Waals surface area contributed by atoms with Crippen LogP contribution in [0, 0.1) is 11.3 Å². The summed E-state index contributed by atoms with van der Waals surface area (Å²) in [5.41, 5.74) is -0.0133. The highest BCUT2D eigenvalue weighted by Gasteiger charge is 2.23. The van der Waals surface area contributed by atoms with E-state index in [0.717, 1.165) is 0 Å². The second-order valence-corrected chi connectivity index (χ2v) is 5.94. The van der Waals surface area contributed by atoms with Crippen molar-refractivity contribution in [2.24, 2.45) is 0 Å². The molecule has 0 spiro atoms. The Morgan fingerprint density at radius 3 is 2.63 bits per heavy atom. The van der Waals surface area contributed by atoms with Crippen LogP contribution in [0.5, 0.6) is 0 Å². The van der Waals surface area contributed by atoms with Gasteiger partial charge in [0.15, 0.2) is 5.25 Å². The predicted molar refractivity (Wildman–Crippen MR) is 70.6 cm³/mol. The van der Waals surface area contributed by atoms with Gasteiger partial charge in [-0.25, -0.2) is 13.2 Å². The first-order valence-electron chi connectivity index (χ1n) is 5.26. The lowest BCUT2D eigenvalue weighted by Gasteiger charge is -2.11. The number of halogens is 1. The fourth-order valence-corrected chi connectivity index (χ4v) is 2.80. The number of hydrogen-bond acceptors (Lipinski definition) is 4. The largest absolute Gasteiger partial charge is 0.478 e. The van der Waals surface area contributed by atoms with Gasteiger partial charge < -0.3 is 5.11 Å². The smallest absolute Gasteiger partial charge is 0.337 e. The molecule has 0 aliphatic rings. The quantitative estimate of drug-likeness (QED) is 0.866. The maximum absolute atomic E-state index is 11.8. The molecular formula is C11H11ClN2O4S. The summed E-state index contributed by atoms with van der Waals surface area (Å²) in [6.45, 7) is 1.58. The molecule has 0 aliphatic heterocycles. The van der Waals surface area contributed by atoms with Crippen molar-refractivity contribution in [2.45, 2.75) is 18.6 Å². The molecule has 0 radical (unpaired) electrons. The lowest BCUT2D eigenvalue weighted by atomic mass is 10.2. The molecule has 1 unspecified atom stereocenters. The Kier molecular flexibility index (Phi) is 4.75. The molecule has 0 amide bonds. The maximum Gasteiger partial charge on any atom is 0.337 e. The van der Waals surface area contributed by atoms with Crippen molar-refractivity contribution in [1.82, 2.24) is 0 Å². The summed E-state index contributed by atoms with van der Waals surface area (Å²) in [7, 11) is -3.84. The lowest BCUT2D eigenvalue weighted by molar-refractivity contribution is 0.0697. The number of hydrogen-bond donors (Lipinski definition) is 2. The van der Waals surface area contributed by atoms with Crippen LogP contribution >= 0.6 is 11.6 Å². The van der Waals surface area contributed by atoms with Gasteiger partial charge in [0.1, 0.15) is 0 Å². The number of nitrogens with one attached hydrogen (secondary N) is 1. The number of carbonyl (C=O) groups is 1.